The second-order valence-electron chi connectivity index (χ2n) is 6.97. The van der Waals surface area contributed by atoms with Crippen LogP contribution in [0.5, 0.6) is 0 Å². The van der Waals surface area contributed by atoms with Crippen LogP contribution in [-0.2, 0) is 23.8 Å². The summed E-state index contributed by atoms with van der Waals surface area (Å²) < 4.78 is 20.9. The number of benzene rings is 2. The van der Waals surface area contributed by atoms with Gasteiger partial charge in [-0.05, 0) is 24.6 Å². The van der Waals surface area contributed by atoms with E-state index in [-0.39, 0.29) is 30.5 Å². The van der Waals surface area contributed by atoms with E-state index in [0.29, 0.717) is 17.1 Å². The average molecular weight is 435 g/mol. The lowest BCUT2D eigenvalue weighted by Crippen LogP contribution is -2.39. The van der Waals surface area contributed by atoms with Gasteiger partial charge < -0.3 is 23.6 Å². The molecule has 164 valence electrons. The fourth-order valence-electron chi connectivity index (χ4n) is 3.49. The molecule has 0 radical (unpaired) electrons. The van der Waals surface area contributed by atoms with Crippen molar-refractivity contribution in [2.75, 3.05) is 32.5 Å². The van der Waals surface area contributed by atoms with Gasteiger partial charge in [-0.3, -0.25) is 0 Å². The molecule has 3 aromatic rings. The fourth-order valence-corrected chi connectivity index (χ4v) is 3.49. The van der Waals surface area contributed by atoms with E-state index < -0.39 is 11.9 Å². The summed E-state index contributed by atoms with van der Waals surface area (Å²) in [6, 6.07) is 14.9. The first-order valence-corrected chi connectivity index (χ1v) is 9.79. The maximum atomic E-state index is 12.6. The number of carbonyl (C=O) groups excluding carboxylic acids is 2. The summed E-state index contributed by atoms with van der Waals surface area (Å²) in [6.07, 6.45) is 0. The molecule has 0 saturated heterocycles. The highest BCUT2D eigenvalue weighted by atomic mass is 16.5. The first kappa shape index (κ1) is 21.3. The quantitative estimate of drug-likeness (QED) is 0.559. The highest BCUT2D eigenvalue weighted by Crippen LogP contribution is 2.35. The van der Waals surface area contributed by atoms with Gasteiger partial charge in [-0.1, -0.05) is 41.6 Å². The van der Waals surface area contributed by atoms with Crippen LogP contribution in [-0.4, -0.2) is 49.6 Å². The topological polar surface area (TPSA) is 104 Å². The van der Waals surface area contributed by atoms with Crippen molar-refractivity contribution in [3.63, 3.8) is 0 Å². The Bertz CT molecular complexity index is 1200. The van der Waals surface area contributed by atoms with E-state index in [0.717, 1.165) is 11.1 Å². The van der Waals surface area contributed by atoms with Crippen LogP contribution in [0.2, 0.25) is 0 Å². The Morgan fingerprint density at radius 2 is 1.66 bits per heavy atom. The average Bonchev–Trinajstić information content (AvgIpc) is 3.32. The van der Waals surface area contributed by atoms with Crippen molar-refractivity contribution in [3.8, 4) is 22.8 Å². The van der Waals surface area contributed by atoms with Gasteiger partial charge in [-0.2, -0.15) is 4.98 Å². The molecular weight excluding hydrogens is 414 g/mol. The van der Waals surface area contributed by atoms with Gasteiger partial charge in [0.05, 0.1) is 37.7 Å². The molecule has 9 nitrogen and oxygen atoms in total. The van der Waals surface area contributed by atoms with Crippen molar-refractivity contribution in [2.45, 2.75) is 6.92 Å². The van der Waals surface area contributed by atoms with Gasteiger partial charge >= 0.3 is 11.9 Å². The second-order valence-corrected chi connectivity index (χ2v) is 6.97. The predicted octanol–water partition coefficient (Wildman–Crippen LogP) is 3.11. The maximum Gasteiger partial charge on any atom is 0.355 e. The third-order valence-corrected chi connectivity index (χ3v) is 5.07. The van der Waals surface area contributed by atoms with Gasteiger partial charge in [0.25, 0.3) is 5.89 Å². The van der Waals surface area contributed by atoms with Gasteiger partial charge in [-0.25, -0.2) is 9.59 Å². The maximum absolute atomic E-state index is 12.6. The Balaban J connectivity index is 1.81. The smallest absolute Gasteiger partial charge is 0.355 e. The van der Waals surface area contributed by atoms with Crippen LogP contribution >= 0.6 is 0 Å². The number of rotatable bonds is 5. The molecule has 32 heavy (non-hydrogen) atoms. The fraction of sp³-hybridized carbons (Fsp3) is 0.217. The van der Waals surface area contributed by atoms with Crippen molar-refractivity contribution < 1.29 is 28.3 Å². The number of ether oxygens (including phenoxy) is 3. The van der Waals surface area contributed by atoms with Crippen LogP contribution < -0.4 is 4.90 Å². The van der Waals surface area contributed by atoms with Gasteiger partial charge in [-0.15, -0.1) is 0 Å². The Hall–Kier alpha value is -3.98. The van der Waals surface area contributed by atoms with E-state index in [1.54, 1.807) is 18.2 Å². The van der Waals surface area contributed by atoms with Crippen molar-refractivity contribution in [2.24, 2.45) is 0 Å². The monoisotopic (exact) mass is 435 g/mol. The van der Waals surface area contributed by atoms with E-state index in [9.17, 15) is 9.59 Å². The number of nitrogens with zero attached hydrogens (tertiary/aromatic N) is 3. The zero-order valence-electron chi connectivity index (χ0n) is 17.8. The number of esters is 2. The minimum atomic E-state index is -0.686. The van der Waals surface area contributed by atoms with Crippen molar-refractivity contribution in [1.29, 1.82) is 0 Å². The standard InChI is InChI=1S/C23H21N3O6/c1-14-8-4-5-9-15(14)20-24-21(32-25-20)16-10-6-7-11-18(16)26-13-31-12-17(22(27)29-2)19(26)23(28)30-3/h4-11H,12-13H2,1-3H3. The van der Waals surface area contributed by atoms with Crippen molar-refractivity contribution in [3.05, 3.63) is 65.4 Å². The van der Waals surface area contributed by atoms with Gasteiger partial charge in [0.1, 0.15) is 12.4 Å². The normalized spacial score (nSPS) is 13.8. The largest absolute Gasteiger partial charge is 0.466 e. The molecule has 0 aliphatic carbocycles. The molecule has 0 atom stereocenters. The van der Waals surface area contributed by atoms with Crippen LogP contribution in [0, 0.1) is 6.92 Å². The first-order chi connectivity index (χ1) is 15.5. The molecule has 0 fully saturated rings. The number of methoxy groups -OCH3 is 2. The van der Waals surface area contributed by atoms with Crippen molar-refractivity contribution >= 4 is 17.6 Å². The zero-order valence-corrected chi connectivity index (χ0v) is 17.8. The Kier molecular flexibility index (Phi) is 6.00. The minimum Gasteiger partial charge on any atom is -0.466 e. The Morgan fingerprint density at radius 3 is 2.38 bits per heavy atom. The molecular formula is C23H21N3O6. The number of aromatic nitrogens is 2. The summed E-state index contributed by atoms with van der Waals surface area (Å²) in [6.45, 7) is 1.90. The SMILES string of the molecule is COC(=O)C1=C(C(=O)OC)N(c2ccccc2-c2nc(-c3ccccc3C)no2)COC1. The molecule has 0 bridgehead atoms. The number of carbonyl (C=O) groups is 2. The third kappa shape index (κ3) is 3.85. The summed E-state index contributed by atoms with van der Waals surface area (Å²) in [5.41, 5.74) is 3.06. The van der Waals surface area contributed by atoms with Crippen LogP contribution in [0.15, 0.2) is 64.3 Å². The number of hydrogen-bond donors (Lipinski definition) is 0. The minimum absolute atomic E-state index is 0.0146. The van der Waals surface area contributed by atoms with E-state index in [1.807, 2.05) is 37.3 Å². The molecule has 9 heteroatoms. The van der Waals surface area contributed by atoms with Crippen LogP contribution in [0.1, 0.15) is 5.56 Å². The first-order valence-electron chi connectivity index (χ1n) is 9.79. The van der Waals surface area contributed by atoms with E-state index >= 15 is 0 Å². The van der Waals surface area contributed by atoms with E-state index in [2.05, 4.69) is 10.1 Å². The highest BCUT2D eigenvalue weighted by Gasteiger charge is 2.34. The van der Waals surface area contributed by atoms with E-state index in [1.165, 1.54) is 19.1 Å². The predicted molar refractivity (Wildman–Crippen MR) is 114 cm³/mol. The summed E-state index contributed by atoms with van der Waals surface area (Å²) in [7, 11) is 2.49. The van der Waals surface area contributed by atoms with E-state index in [4.69, 9.17) is 18.7 Å². The lowest BCUT2D eigenvalue weighted by atomic mass is 10.1. The summed E-state index contributed by atoms with van der Waals surface area (Å²) >= 11 is 0. The molecule has 1 aromatic heterocycles. The molecule has 1 aliphatic rings. The number of anilines is 1. The summed E-state index contributed by atoms with van der Waals surface area (Å²) in [5, 5.41) is 4.12. The second kappa shape index (κ2) is 9.03. The van der Waals surface area contributed by atoms with Crippen LogP contribution in [0.4, 0.5) is 5.69 Å². The third-order valence-electron chi connectivity index (χ3n) is 5.07. The molecule has 2 heterocycles. The van der Waals surface area contributed by atoms with Crippen LogP contribution in [0.25, 0.3) is 22.8 Å². The van der Waals surface area contributed by atoms with Gasteiger partial charge in [0.15, 0.2) is 0 Å². The zero-order chi connectivity index (χ0) is 22.7. The molecule has 0 saturated carbocycles. The summed E-state index contributed by atoms with van der Waals surface area (Å²) in [5.74, 6) is -0.656. The Labute approximate surface area is 184 Å². The number of hydrogen-bond acceptors (Lipinski definition) is 9. The van der Waals surface area contributed by atoms with Gasteiger partial charge in [0, 0.05) is 5.56 Å². The molecule has 1 aliphatic heterocycles. The number of aryl methyl sites for hydroxylation is 1. The lowest BCUT2D eigenvalue weighted by molar-refractivity contribution is -0.140. The van der Waals surface area contributed by atoms with Crippen molar-refractivity contribution in [1.82, 2.24) is 10.1 Å². The molecule has 0 N–H and O–H groups in total. The molecule has 2 aromatic carbocycles. The Morgan fingerprint density at radius 1 is 0.969 bits per heavy atom. The molecule has 4 rings (SSSR count). The molecule has 0 amide bonds. The highest BCUT2D eigenvalue weighted by molar-refractivity contribution is 6.04. The molecule has 0 unspecified atom stereocenters. The van der Waals surface area contributed by atoms with Crippen LogP contribution in [0.3, 0.4) is 0 Å². The molecule has 0 spiro atoms. The lowest BCUT2D eigenvalue weighted by Gasteiger charge is -2.32. The summed E-state index contributed by atoms with van der Waals surface area (Å²) in [4.78, 5) is 31.0. The number of para-hydroxylation sites is 1. The van der Waals surface area contributed by atoms with Gasteiger partial charge in [0.2, 0.25) is 5.82 Å².